The van der Waals surface area contributed by atoms with Crippen molar-refractivity contribution in [3.63, 3.8) is 0 Å². The molecule has 126 valence electrons. The van der Waals surface area contributed by atoms with Crippen LogP contribution in [0.15, 0.2) is 48.7 Å². The number of amides is 1. The lowest BCUT2D eigenvalue weighted by molar-refractivity contribution is -0.140. The molecule has 1 N–H and O–H groups in total. The van der Waals surface area contributed by atoms with Crippen LogP contribution in [0.25, 0.3) is 10.9 Å². The summed E-state index contributed by atoms with van der Waals surface area (Å²) in [4.78, 5) is 23.3. The van der Waals surface area contributed by atoms with Gasteiger partial charge in [0.05, 0.1) is 5.69 Å². The van der Waals surface area contributed by atoms with Crippen LogP contribution in [0.4, 0.5) is 0 Å². The molecule has 2 aromatic heterocycles. The quantitative estimate of drug-likeness (QED) is 0.776. The van der Waals surface area contributed by atoms with Crippen LogP contribution >= 0.6 is 0 Å². The van der Waals surface area contributed by atoms with Crippen LogP contribution in [0, 0.1) is 5.92 Å². The van der Waals surface area contributed by atoms with E-state index in [1.807, 2.05) is 24.4 Å². The second kappa shape index (κ2) is 5.73. The SMILES string of the molecule is O=C(C1CCC1)N1CCc2c([nH]c3ccccc23)C1c1ccccn1. The molecule has 0 spiro atoms. The van der Waals surface area contributed by atoms with Gasteiger partial charge < -0.3 is 9.88 Å². The molecule has 4 nitrogen and oxygen atoms in total. The van der Waals surface area contributed by atoms with Crippen LogP contribution in [0.5, 0.6) is 0 Å². The summed E-state index contributed by atoms with van der Waals surface area (Å²) in [5.41, 5.74) is 4.57. The van der Waals surface area contributed by atoms with E-state index < -0.39 is 0 Å². The molecule has 1 atom stereocenters. The number of aromatic amines is 1. The van der Waals surface area contributed by atoms with Crippen molar-refractivity contribution in [2.24, 2.45) is 5.92 Å². The third-order valence-electron chi connectivity index (χ3n) is 5.74. The first-order chi connectivity index (χ1) is 12.3. The molecule has 1 aliphatic heterocycles. The predicted molar refractivity (Wildman–Crippen MR) is 97.1 cm³/mol. The number of H-pyrrole nitrogens is 1. The minimum absolute atomic E-state index is 0.106. The average molecular weight is 331 g/mol. The first kappa shape index (κ1) is 14.7. The Morgan fingerprint density at radius 2 is 1.96 bits per heavy atom. The lowest BCUT2D eigenvalue weighted by atomic mass is 9.83. The van der Waals surface area contributed by atoms with Gasteiger partial charge in [-0.1, -0.05) is 30.7 Å². The maximum Gasteiger partial charge on any atom is 0.226 e. The Bertz CT molecular complexity index is 927. The Morgan fingerprint density at radius 3 is 2.72 bits per heavy atom. The van der Waals surface area contributed by atoms with Gasteiger partial charge in [-0.2, -0.15) is 0 Å². The standard InChI is InChI=1S/C21H21N3O/c25-21(14-6-5-7-14)24-13-11-16-15-8-1-2-9-17(15)23-19(16)20(24)18-10-3-4-12-22-18/h1-4,8-10,12,14,20,23H,5-7,11,13H2. The fourth-order valence-electron chi connectivity index (χ4n) is 4.21. The van der Waals surface area contributed by atoms with Gasteiger partial charge in [-0.3, -0.25) is 9.78 Å². The largest absolute Gasteiger partial charge is 0.356 e. The zero-order valence-electron chi connectivity index (χ0n) is 14.1. The van der Waals surface area contributed by atoms with E-state index in [4.69, 9.17) is 0 Å². The molecule has 3 aromatic rings. The number of aromatic nitrogens is 2. The number of nitrogens with one attached hydrogen (secondary N) is 1. The van der Waals surface area contributed by atoms with Crippen molar-refractivity contribution in [1.29, 1.82) is 0 Å². The molecule has 1 amide bonds. The van der Waals surface area contributed by atoms with Gasteiger partial charge in [-0.25, -0.2) is 0 Å². The van der Waals surface area contributed by atoms with E-state index in [1.165, 1.54) is 17.4 Å². The number of carbonyl (C=O) groups excluding carboxylic acids is 1. The molecule has 5 rings (SSSR count). The highest BCUT2D eigenvalue weighted by atomic mass is 16.2. The molecule has 0 saturated heterocycles. The highest BCUT2D eigenvalue weighted by molar-refractivity contribution is 5.87. The van der Waals surface area contributed by atoms with Crippen LogP contribution in [-0.4, -0.2) is 27.3 Å². The molecule has 0 radical (unpaired) electrons. The third-order valence-corrected chi connectivity index (χ3v) is 5.74. The summed E-state index contributed by atoms with van der Waals surface area (Å²) < 4.78 is 0. The van der Waals surface area contributed by atoms with Gasteiger partial charge in [0, 0.05) is 35.3 Å². The van der Waals surface area contributed by atoms with E-state index >= 15 is 0 Å². The molecule has 4 heteroatoms. The maximum atomic E-state index is 13.1. The highest BCUT2D eigenvalue weighted by Gasteiger charge is 2.39. The number of nitrogens with zero attached hydrogens (tertiary/aromatic N) is 2. The van der Waals surface area contributed by atoms with Crippen LogP contribution in [0.1, 0.15) is 42.3 Å². The minimum Gasteiger partial charge on any atom is -0.356 e. The highest BCUT2D eigenvalue weighted by Crippen LogP contribution is 2.40. The van der Waals surface area contributed by atoms with Gasteiger partial charge in [0.2, 0.25) is 5.91 Å². The number of rotatable bonds is 2. The number of para-hydroxylation sites is 1. The fraction of sp³-hybridized carbons (Fsp3) is 0.333. The average Bonchev–Trinajstić information content (AvgIpc) is 2.98. The van der Waals surface area contributed by atoms with E-state index in [0.29, 0.717) is 5.91 Å². The molecule has 1 aromatic carbocycles. The van der Waals surface area contributed by atoms with E-state index in [2.05, 4.69) is 39.1 Å². The molecule has 2 aliphatic rings. The summed E-state index contributed by atoms with van der Waals surface area (Å²) in [6.45, 7) is 0.769. The number of hydrogen-bond acceptors (Lipinski definition) is 2. The molecule has 1 saturated carbocycles. The second-order valence-corrected chi connectivity index (χ2v) is 7.13. The van der Waals surface area contributed by atoms with Gasteiger partial charge >= 0.3 is 0 Å². The molecule has 1 aliphatic carbocycles. The summed E-state index contributed by atoms with van der Waals surface area (Å²) in [7, 11) is 0. The van der Waals surface area contributed by atoms with Gasteiger partial charge in [-0.05, 0) is 43.0 Å². The Morgan fingerprint density at radius 1 is 1.12 bits per heavy atom. The Labute approximate surface area is 146 Å². The normalized spacial score (nSPS) is 20.3. The Hall–Kier alpha value is -2.62. The molecule has 3 heterocycles. The molecule has 1 unspecified atom stereocenters. The van der Waals surface area contributed by atoms with Crippen molar-refractivity contribution < 1.29 is 4.79 Å². The summed E-state index contributed by atoms with van der Waals surface area (Å²) in [6, 6.07) is 14.3. The topological polar surface area (TPSA) is 49.0 Å². The van der Waals surface area contributed by atoms with Gasteiger partial charge in [-0.15, -0.1) is 0 Å². The number of carbonyl (C=O) groups is 1. The number of fused-ring (bicyclic) bond motifs is 3. The first-order valence-electron chi connectivity index (χ1n) is 9.14. The van der Waals surface area contributed by atoms with Crippen molar-refractivity contribution in [3.8, 4) is 0 Å². The molecule has 25 heavy (non-hydrogen) atoms. The molecular weight excluding hydrogens is 310 g/mol. The number of hydrogen-bond donors (Lipinski definition) is 1. The van der Waals surface area contributed by atoms with E-state index in [0.717, 1.165) is 42.7 Å². The van der Waals surface area contributed by atoms with Crippen molar-refractivity contribution >= 4 is 16.8 Å². The van der Waals surface area contributed by atoms with Gasteiger partial charge in [0.25, 0.3) is 0 Å². The molecular formula is C21H21N3O. The summed E-state index contributed by atoms with van der Waals surface area (Å²) >= 11 is 0. The lowest BCUT2D eigenvalue weighted by Gasteiger charge is -2.39. The zero-order valence-corrected chi connectivity index (χ0v) is 14.1. The van der Waals surface area contributed by atoms with E-state index in [9.17, 15) is 4.79 Å². The smallest absolute Gasteiger partial charge is 0.226 e. The second-order valence-electron chi connectivity index (χ2n) is 7.13. The Kier molecular flexibility index (Phi) is 3.37. The Balaban J connectivity index is 1.65. The van der Waals surface area contributed by atoms with Crippen molar-refractivity contribution in [2.75, 3.05) is 6.54 Å². The molecule has 1 fully saturated rings. The lowest BCUT2D eigenvalue weighted by Crippen LogP contribution is -2.45. The van der Waals surface area contributed by atoms with Gasteiger partial charge in [0.1, 0.15) is 6.04 Å². The van der Waals surface area contributed by atoms with Crippen molar-refractivity contribution in [1.82, 2.24) is 14.9 Å². The predicted octanol–water partition coefficient (Wildman–Crippen LogP) is 3.84. The van der Waals surface area contributed by atoms with Crippen LogP contribution < -0.4 is 0 Å². The van der Waals surface area contributed by atoms with Crippen molar-refractivity contribution in [2.45, 2.75) is 31.7 Å². The monoisotopic (exact) mass is 331 g/mol. The van der Waals surface area contributed by atoms with E-state index in [1.54, 1.807) is 0 Å². The maximum absolute atomic E-state index is 13.1. The van der Waals surface area contributed by atoms with Crippen LogP contribution in [0.3, 0.4) is 0 Å². The van der Waals surface area contributed by atoms with E-state index in [-0.39, 0.29) is 12.0 Å². The van der Waals surface area contributed by atoms with Crippen molar-refractivity contribution in [3.05, 3.63) is 65.6 Å². The molecule has 0 bridgehead atoms. The summed E-state index contributed by atoms with van der Waals surface area (Å²) in [6.07, 6.45) is 5.96. The number of pyridine rings is 1. The van der Waals surface area contributed by atoms with Gasteiger partial charge in [0.15, 0.2) is 0 Å². The minimum atomic E-state index is -0.106. The fourth-order valence-corrected chi connectivity index (χ4v) is 4.21. The first-order valence-corrected chi connectivity index (χ1v) is 9.14. The summed E-state index contributed by atoms with van der Waals surface area (Å²) in [5.74, 6) is 0.503. The zero-order chi connectivity index (χ0) is 16.8. The summed E-state index contributed by atoms with van der Waals surface area (Å²) in [5, 5.41) is 1.27. The van der Waals surface area contributed by atoms with Crippen LogP contribution in [-0.2, 0) is 11.2 Å². The third kappa shape index (κ3) is 2.28. The number of benzene rings is 1. The van der Waals surface area contributed by atoms with Crippen LogP contribution in [0.2, 0.25) is 0 Å².